The number of carboxylic acid groups (broad SMARTS) is 1. The van der Waals surface area contributed by atoms with Gasteiger partial charge >= 0.3 is 5.97 Å². The van der Waals surface area contributed by atoms with Gasteiger partial charge in [0.1, 0.15) is 35.7 Å². The van der Waals surface area contributed by atoms with E-state index in [1.165, 1.54) is 35.3 Å². The van der Waals surface area contributed by atoms with E-state index in [1.54, 1.807) is 47.0 Å². The largest absolute Gasteiger partial charge is 0.481 e. The minimum atomic E-state index is -1.68. The molecule has 3 heterocycles. The molecule has 29 nitrogen and oxygen atoms in total. The number of aliphatic hydroxyl groups excluding tert-OH is 1. The van der Waals surface area contributed by atoms with Crippen molar-refractivity contribution >= 4 is 106 Å². The molecular weight excluding hydrogens is 1450 g/mol. The highest BCUT2D eigenvalue weighted by molar-refractivity contribution is 7.99. The van der Waals surface area contributed by atoms with E-state index in [4.69, 9.17) is 31.4 Å². The van der Waals surface area contributed by atoms with Crippen molar-refractivity contribution in [3.05, 3.63) is 70.8 Å². The zero-order valence-electron chi connectivity index (χ0n) is 63.2. The van der Waals surface area contributed by atoms with E-state index in [0.717, 1.165) is 29.5 Å². The normalized spacial score (nSPS) is 20.6. The molecular formula is C76H120N12O17S3. The summed E-state index contributed by atoms with van der Waals surface area (Å²) in [6, 6.07) is 8.24. The van der Waals surface area contributed by atoms with Gasteiger partial charge in [-0.3, -0.25) is 57.5 Å². The lowest BCUT2D eigenvalue weighted by molar-refractivity contribution is -0.148. The van der Waals surface area contributed by atoms with Gasteiger partial charge in [0.05, 0.1) is 56.3 Å². The molecule has 0 saturated carbocycles. The second-order valence-corrected chi connectivity index (χ2v) is 30.9. The standard InChI is InChI=1S/C76H120N12O17S3/c1-3-4-6-16-61(91)43-57-50-107-48-55-39-54(47-106-38-11-17-60(90)20-23-68(94)82-26-12-32-103-34-36-105-37-35-104-33-13-27-83-70(95)59(45-80-28-24-77)46-81-29-25-78)40-56(41-55)49-108-51-58(76(101)102)44-66(92)63(42-53-14-7-5-8-15-53)85-71(96)62(21-22-67(79)93)84-73(98)69(52(2)89)86-72(97)64-18-9-30-87(64)75(100)65-19-10-31-88(65)74(57)99/h5,7-8,14-15,39-41,52,57-59,62-65,69,80-81,89H,3-4,6,9-13,16-38,42-51,77-78H2,1-2H3,(H2,79,93)(H,82,94)(H,83,95)(H,84,98)(H,85,96)(H,86,97)(H,101,102)/t52-,57+,58+,62+,63+,64+,65+,69+/m1/s1. The number of Topliss-reactive ketones (excluding diaryl/α,β-unsaturated/α-hetero) is 3. The minimum Gasteiger partial charge on any atom is -0.481 e. The highest BCUT2D eigenvalue weighted by Crippen LogP contribution is 2.31. The van der Waals surface area contributed by atoms with E-state index in [0.29, 0.717) is 178 Å². The summed E-state index contributed by atoms with van der Waals surface area (Å²) in [6.45, 7) is 10.3. The first kappa shape index (κ1) is 92.0. The molecule has 2 bridgehead atoms. The Morgan fingerprint density at radius 3 is 1.87 bits per heavy atom. The maximum absolute atomic E-state index is 14.9. The zero-order valence-corrected chi connectivity index (χ0v) is 65.6. The summed E-state index contributed by atoms with van der Waals surface area (Å²) in [6.07, 6.45) is 3.55. The number of aliphatic hydroxyl groups is 1. The van der Waals surface area contributed by atoms with Gasteiger partial charge in [0.2, 0.25) is 47.3 Å². The van der Waals surface area contributed by atoms with Crippen LogP contribution in [-0.2, 0) is 95.4 Å². The van der Waals surface area contributed by atoms with Crippen LogP contribution in [0, 0.1) is 17.8 Å². The molecule has 0 spiro atoms. The minimum absolute atomic E-state index is 0.00550. The molecule has 2 aromatic carbocycles. The average Bonchev–Trinajstić information content (AvgIpc) is 1.59. The number of ether oxygens (including phenoxy) is 3. The van der Waals surface area contributed by atoms with E-state index in [2.05, 4.69) is 43.3 Å². The number of rotatable bonds is 45. The summed E-state index contributed by atoms with van der Waals surface area (Å²) < 4.78 is 16.9. The van der Waals surface area contributed by atoms with Crippen LogP contribution in [0.15, 0.2) is 48.5 Å². The molecule has 15 N–H and O–H groups in total. The number of carboxylic acids is 1. The van der Waals surface area contributed by atoms with Crippen molar-refractivity contribution in [2.45, 2.75) is 189 Å². The van der Waals surface area contributed by atoms with Gasteiger partial charge in [-0.2, -0.15) is 35.3 Å². The van der Waals surface area contributed by atoms with Gasteiger partial charge in [0.25, 0.3) is 0 Å². The SMILES string of the molecule is CCCCCC(=O)C[C@H]1CSCc2cc(CSCCCC(=O)CCC(=O)NCCCOCCOCCOCCCNC(=O)C(CNCCN)CNCCN)cc(c2)CSC[C@@H](C(=O)O)CC(=O)[C@H](Cc2ccccc2)NC(=O)[C@H](CCC(N)=O)NC(=O)[C@H]([C@@H](C)O)NC(=O)[C@@H]2CCCN2C(=O)[C@@H]2CCCN2C1=O. The highest BCUT2D eigenvalue weighted by atomic mass is 32.2. The number of hydrogen-bond donors (Lipinski definition) is 12. The Labute approximate surface area is 648 Å². The van der Waals surface area contributed by atoms with Gasteiger partial charge in [-0.15, -0.1) is 0 Å². The molecule has 0 unspecified atom stereocenters. The molecule has 2 aromatic rings. The van der Waals surface area contributed by atoms with E-state index >= 15 is 0 Å². The van der Waals surface area contributed by atoms with Crippen LogP contribution >= 0.6 is 35.3 Å². The summed E-state index contributed by atoms with van der Waals surface area (Å²) in [5.41, 5.74) is 20.0. The fourth-order valence-electron chi connectivity index (χ4n) is 12.9. The van der Waals surface area contributed by atoms with E-state index < -0.39 is 102 Å². The lowest BCUT2D eigenvalue weighted by atomic mass is 9.95. The van der Waals surface area contributed by atoms with Crippen molar-refractivity contribution < 1.29 is 82.0 Å². The first-order chi connectivity index (χ1) is 52.1. The van der Waals surface area contributed by atoms with E-state index in [-0.39, 0.29) is 98.3 Å². The zero-order chi connectivity index (χ0) is 78.4. The molecule has 0 aliphatic carbocycles. The van der Waals surface area contributed by atoms with Gasteiger partial charge in [-0.1, -0.05) is 68.3 Å². The van der Waals surface area contributed by atoms with Crippen LogP contribution in [0.4, 0.5) is 0 Å². The number of carbonyl (C=O) groups is 12. The molecule has 32 heteroatoms. The number of amides is 8. The quantitative estimate of drug-likeness (QED) is 0.0424. The van der Waals surface area contributed by atoms with Gasteiger partial charge in [0.15, 0.2) is 5.78 Å². The predicted molar refractivity (Wildman–Crippen MR) is 417 cm³/mol. The number of aliphatic carboxylic acids is 1. The Balaban J connectivity index is 1.20. The predicted octanol–water partition coefficient (Wildman–Crippen LogP) is 2.45. The Morgan fingerprint density at radius 2 is 1.25 bits per heavy atom. The number of benzene rings is 2. The number of primary amides is 1. The number of nitrogens with zero attached hydrogens (tertiary/aromatic N) is 2. The molecule has 5 rings (SSSR count). The summed E-state index contributed by atoms with van der Waals surface area (Å²) in [5.74, 6) is -6.55. The Hall–Kier alpha value is -6.59. The third-order valence-electron chi connectivity index (χ3n) is 18.7. The molecule has 0 radical (unpaired) electrons. The number of nitrogens with two attached hydrogens (primary N) is 3. The lowest BCUT2D eigenvalue weighted by Gasteiger charge is -2.33. The number of unbranched alkanes of at least 4 members (excludes halogenated alkanes) is 2. The number of thioether (sulfide) groups is 3. The van der Waals surface area contributed by atoms with Gasteiger partial charge < -0.3 is 88.6 Å². The summed E-state index contributed by atoms with van der Waals surface area (Å²) in [7, 11) is 0. The molecule has 604 valence electrons. The average molecular weight is 1570 g/mol. The molecule has 2 fully saturated rings. The van der Waals surface area contributed by atoms with Crippen LogP contribution in [-0.4, -0.2) is 249 Å². The van der Waals surface area contributed by atoms with Crippen LogP contribution < -0.4 is 54.4 Å². The summed E-state index contributed by atoms with van der Waals surface area (Å²) >= 11 is 4.42. The Bertz CT molecular complexity index is 3130. The molecule has 2 saturated heterocycles. The van der Waals surface area contributed by atoms with Crippen LogP contribution in [0.25, 0.3) is 0 Å². The first-order valence-electron chi connectivity index (χ1n) is 38.4. The molecule has 8 atom stereocenters. The van der Waals surface area contributed by atoms with Crippen molar-refractivity contribution in [3.63, 3.8) is 0 Å². The van der Waals surface area contributed by atoms with Gasteiger partial charge in [-0.05, 0) is 99.1 Å². The maximum atomic E-state index is 14.9. The van der Waals surface area contributed by atoms with Crippen LogP contribution in [0.2, 0.25) is 0 Å². The van der Waals surface area contributed by atoms with Gasteiger partial charge in [-0.25, -0.2) is 0 Å². The number of carbonyl (C=O) groups excluding carboxylic acids is 11. The summed E-state index contributed by atoms with van der Waals surface area (Å²) in [5, 5.41) is 41.6. The van der Waals surface area contributed by atoms with Crippen molar-refractivity contribution in [2.75, 3.05) is 122 Å². The second kappa shape index (κ2) is 53.3. The lowest BCUT2D eigenvalue weighted by Crippen LogP contribution is -2.61. The number of hydrogen-bond acceptors (Lipinski definition) is 23. The third-order valence-corrected chi connectivity index (χ3v) is 22.2. The number of fused-ring (bicyclic) bond motifs is 4. The van der Waals surface area contributed by atoms with Crippen molar-refractivity contribution in [2.24, 2.45) is 35.0 Å². The monoisotopic (exact) mass is 1570 g/mol. The third kappa shape index (κ3) is 35.6. The van der Waals surface area contributed by atoms with Crippen LogP contribution in [0.3, 0.4) is 0 Å². The Morgan fingerprint density at radius 1 is 0.648 bits per heavy atom. The van der Waals surface area contributed by atoms with Crippen LogP contribution in [0.1, 0.15) is 152 Å². The number of ketones is 3. The topological polar surface area (TPSA) is 442 Å². The molecule has 3 aliphatic rings. The molecule has 108 heavy (non-hydrogen) atoms. The van der Waals surface area contributed by atoms with Crippen molar-refractivity contribution in [1.29, 1.82) is 0 Å². The summed E-state index contributed by atoms with van der Waals surface area (Å²) in [4.78, 5) is 167. The molecule has 8 amide bonds. The van der Waals surface area contributed by atoms with E-state index in [9.17, 15) is 67.7 Å². The second-order valence-electron chi connectivity index (χ2n) is 27.8. The molecule has 3 aliphatic heterocycles. The fraction of sp³-hybridized carbons (Fsp3) is 0.684. The molecule has 0 aromatic heterocycles. The number of nitrogens with one attached hydrogen (secondary N) is 7. The fourth-order valence-corrected chi connectivity index (χ4v) is 15.9. The first-order valence-corrected chi connectivity index (χ1v) is 41.8. The highest BCUT2D eigenvalue weighted by Gasteiger charge is 2.45. The van der Waals surface area contributed by atoms with Crippen LogP contribution in [0.5, 0.6) is 0 Å². The maximum Gasteiger partial charge on any atom is 0.307 e. The van der Waals surface area contributed by atoms with E-state index in [1.807, 2.05) is 19.1 Å². The Kier molecular flexibility index (Phi) is 45.4. The van der Waals surface area contributed by atoms with Crippen molar-refractivity contribution in [1.82, 2.24) is 47.0 Å². The smallest absolute Gasteiger partial charge is 0.307 e. The van der Waals surface area contributed by atoms with Gasteiger partial charge in [0, 0.05) is 152 Å². The van der Waals surface area contributed by atoms with Crippen molar-refractivity contribution in [3.8, 4) is 0 Å².